The molecule has 0 saturated heterocycles. The highest BCUT2D eigenvalue weighted by atomic mass is 35.5. The molecule has 4 N–H and O–H groups in total. The second kappa shape index (κ2) is 21.7. The van der Waals surface area contributed by atoms with Gasteiger partial charge in [0.1, 0.15) is 24.5 Å². The van der Waals surface area contributed by atoms with E-state index in [0.29, 0.717) is 48.3 Å². The molecular weight excluding hydrogens is 888 g/mol. The lowest BCUT2D eigenvalue weighted by molar-refractivity contribution is -0.667. The molecule has 4 aromatic heterocycles. The Hall–Kier alpha value is -6.60. The van der Waals surface area contributed by atoms with Crippen molar-refractivity contribution in [1.82, 2.24) is 29.9 Å². The molecule has 0 aliphatic heterocycles. The highest BCUT2D eigenvalue weighted by molar-refractivity contribution is 8.76. The smallest absolute Gasteiger partial charge is 0.233 e. The third-order valence-electron chi connectivity index (χ3n) is 9.51. The molecular formula is C44H42Cl2N16S2+2. The summed E-state index contributed by atoms with van der Waals surface area (Å²) in [5.74, 6) is 2.97. The zero-order valence-corrected chi connectivity index (χ0v) is 37.9. The SMILES string of the molecule is CC[n+]1ccc(/N=N/c2ccc(Nc3nc(Cl)nc(NCCSSCCNc4nc(Cl)nc(Nc5ccc(/N=N/c6cc[n+](CC)c7ccccc67)cc5)n4)n3)cc2)c2ccccc21. The number of fused-ring (bicyclic) bond motifs is 2. The standard InChI is InChI=1S/C44H40Cl2N16S2/c1-3-61-25-21-35(33-9-5-7-11-37(33)61)59-57-31-17-13-29(14-18-31)49-43-53-39(45)51-41(55-43)47-23-27-63-64-28-24-48-42-52-40(46)54-44(56-42)50-30-15-19-32(20-16-30)58-60-36-22-26-62(4-2)38-12-8-6-10-34(36)38/h5-22,25-26H,3-4,23-24,27-28H2,1-2H3,(H2,47,48,51,52,53,54,55,56)/p+2. The van der Waals surface area contributed by atoms with Crippen molar-refractivity contribution in [2.75, 3.05) is 45.9 Å². The maximum absolute atomic E-state index is 6.24. The summed E-state index contributed by atoms with van der Waals surface area (Å²) in [4.78, 5) is 25.9. The van der Waals surface area contributed by atoms with Gasteiger partial charge in [0.2, 0.25) is 45.4 Å². The van der Waals surface area contributed by atoms with E-state index in [-0.39, 0.29) is 10.6 Å². The maximum atomic E-state index is 6.24. The van der Waals surface area contributed by atoms with E-state index in [4.69, 9.17) is 23.2 Å². The number of benzene rings is 4. The Balaban J connectivity index is 0.750. The Kier molecular flexibility index (Phi) is 14.9. The van der Waals surface area contributed by atoms with Gasteiger partial charge in [-0.15, -0.1) is 10.2 Å². The first kappa shape index (κ1) is 44.0. The van der Waals surface area contributed by atoms with Crippen molar-refractivity contribution in [3.05, 3.63) is 132 Å². The van der Waals surface area contributed by atoms with Crippen molar-refractivity contribution in [1.29, 1.82) is 0 Å². The number of pyridine rings is 2. The molecule has 322 valence electrons. The summed E-state index contributed by atoms with van der Waals surface area (Å²) in [5, 5.41) is 33.1. The fraction of sp³-hybridized carbons (Fsp3) is 0.182. The molecule has 0 aliphatic carbocycles. The summed E-state index contributed by atoms with van der Waals surface area (Å²) in [6.07, 6.45) is 4.06. The van der Waals surface area contributed by atoms with Crippen molar-refractivity contribution in [2.24, 2.45) is 20.5 Å². The zero-order valence-electron chi connectivity index (χ0n) is 34.7. The van der Waals surface area contributed by atoms with E-state index in [9.17, 15) is 0 Å². The Bertz CT molecular complexity index is 2720. The third-order valence-corrected chi connectivity index (χ3v) is 12.3. The molecule has 0 saturated carbocycles. The molecule has 0 bridgehead atoms. The highest BCUT2D eigenvalue weighted by Gasteiger charge is 2.13. The van der Waals surface area contributed by atoms with Crippen LogP contribution in [0.2, 0.25) is 10.6 Å². The zero-order chi connectivity index (χ0) is 44.1. The number of aryl methyl sites for hydroxylation is 2. The molecule has 4 aromatic carbocycles. The van der Waals surface area contributed by atoms with Gasteiger partial charge >= 0.3 is 0 Å². The number of aromatic nitrogens is 8. The van der Waals surface area contributed by atoms with Gasteiger partial charge in [0, 0.05) is 60.2 Å². The second-order valence-electron chi connectivity index (χ2n) is 13.8. The normalized spacial score (nSPS) is 11.5. The van der Waals surface area contributed by atoms with Crippen LogP contribution in [-0.4, -0.2) is 54.5 Å². The number of nitrogens with one attached hydrogen (secondary N) is 4. The van der Waals surface area contributed by atoms with Gasteiger partial charge in [-0.3, -0.25) is 0 Å². The van der Waals surface area contributed by atoms with Crippen molar-refractivity contribution in [3.63, 3.8) is 0 Å². The predicted octanol–water partition coefficient (Wildman–Crippen LogP) is 11.5. The number of hydrogen-bond acceptors (Lipinski definition) is 16. The minimum absolute atomic E-state index is 0.0771. The summed E-state index contributed by atoms with van der Waals surface area (Å²) in [7, 11) is 3.41. The van der Waals surface area contributed by atoms with E-state index in [1.807, 2.05) is 97.3 Å². The number of halogens is 2. The molecule has 0 amide bonds. The van der Waals surface area contributed by atoms with Gasteiger partial charge in [-0.25, -0.2) is 0 Å². The van der Waals surface area contributed by atoms with Gasteiger partial charge in [0.15, 0.2) is 12.4 Å². The summed E-state index contributed by atoms with van der Waals surface area (Å²) < 4.78 is 4.36. The molecule has 0 spiro atoms. The topological polar surface area (TPSA) is 183 Å². The largest absolute Gasteiger partial charge is 0.353 e. The molecule has 0 unspecified atom stereocenters. The van der Waals surface area contributed by atoms with E-state index in [0.717, 1.165) is 69.2 Å². The fourth-order valence-electron chi connectivity index (χ4n) is 6.47. The van der Waals surface area contributed by atoms with E-state index in [2.05, 4.69) is 119 Å². The van der Waals surface area contributed by atoms with Crippen LogP contribution in [0.4, 0.5) is 57.9 Å². The monoisotopic (exact) mass is 928 g/mol. The van der Waals surface area contributed by atoms with E-state index in [1.54, 1.807) is 21.6 Å². The van der Waals surface area contributed by atoms with E-state index in [1.165, 1.54) is 0 Å². The Morgan fingerprint density at radius 1 is 0.484 bits per heavy atom. The van der Waals surface area contributed by atoms with E-state index >= 15 is 0 Å². The van der Waals surface area contributed by atoms with Crippen LogP contribution in [0, 0.1) is 0 Å². The lowest BCUT2D eigenvalue weighted by atomic mass is 10.2. The number of anilines is 6. The summed E-state index contributed by atoms with van der Waals surface area (Å²) >= 11 is 12.5. The highest BCUT2D eigenvalue weighted by Crippen LogP contribution is 2.29. The van der Waals surface area contributed by atoms with Crippen LogP contribution in [0.3, 0.4) is 0 Å². The van der Waals surface area contributed by atoms with Crippen LogP contribution < -0.4 is 30.4 Å². The predicted molar refractivity (Wildman–Crippen MR) is 259 cm³/mol. The van der Waals surface area contributed by atoms with Gasteiger partial charge < -0.3 is 21.3 Å². The van der Waals surface area contributed by atoms with E-state index < -0.39 is 0 Å². The maximum Gasteiger partial charge on any atom is 0.233 e. The second-order valence-corrected chi connectivity index (χ2v) is 17.1. The fourth-order valence-corrected chi connectivity index (χ4v) is 8.60. The molecule has 0 aliphatic rings. The number of para-hydroxylation sites is 2. The Labute approximate surface area is 387 Å². The van der Waals surface area contributed by atoms with Crippen molar-refractivity contribution in [3.8, 4) is 0 Å². The third kappa shape index (κ3) is 11.7. The van der Waals surface area contributed by atoms with Crippen LogP contribution in [0.25, 0.3) is 21.8 Å². The average Bonchev–Trinajstić information content (AvgIpc) is 3.31. The van der Waals surface area contributed by atoms with Crippen LogP contribution in [0.15, 0.2) is 142 Å². The molecule has 20 heteroatoms. The molecule has 0 fully saturated rings. The minimum Gasteiger partial charge on any atom is -0.353 e. The summed E-state index contributed by atoms with van der Waals surface area (Å²) in [5.41, 5.74) is 6.80. The van der Waals surface area contributed by atoms with Crippen LogP contribution in [0.5, 0.6) is 0 Å². The number of azo groups is 2. The van der Waals surface area contributed by atoms with Gasteiger partial charge in [-0.2, -0.15) is 49.3 Å². The molecule has 8 aromatic rings. The minimum atomic E-state index is 0.0771. The Morgan fingerprint density at radius 3 is 1.31 bits per heavy atom. The molecule has 8 rings (SSSR count). The summed E-state index contributed by atoms with van der Waals surface area (Å²) in [6, 6.07) is 35.3. The molecule has 16 nitrogen and oxygen atoms in total. The first-order valence-corrected chi connectivity index (χ1v) is 23.6. The lowest BCUT2D eigenvalue weighted by Gasteiger charge is -2.09. The van der Waals surface area contributed by atoms with Crippen molar-refractivity contribution in [2.45, 2.75) is 26.9 Å². The Morgan fingerprint density at radius 2 is 0.891 bits per heavy atom. The lowest BCUT2D eigenvalue weighted by Crippen LogP contribution is -2.32. The summed E-state index contributed by atoms with van der Waals surface area (Å²) in [6.45, 7) is 7.22. The van der Waals surface area contributed by atoms with Gasteiger partial charge in [-0.1, -0.05) is 45.9 Å². The van der Waals surface area contributed by atoms with Crippen LogP contribution in [0.1, 0.15) is 13.8 Å². The van der Waals surface area contributed by atoms with Crippen molar-refractivity contribution >= 4 is 125 Å². The van der Waals surface area contributed by atoms with Gasteiger partial charge in [0.25, 0.3) is 0 Å². The molecule has 0 radical (unpaired) electrons. The van der Waals surface area contributed by atoms with Crippen LogP contribution in [-0.2, 0) is 13.1 Å². The molecule has 4 heterocycles. The quantitative estimate of drug-likeness (QED) is 0.0261. The van der Waals surface area contributed by atoms with Crippen molar-refractivity contribution < 1.29 is 9.13 Å². The number of nitrogens with zero attached hydrogens (tertiary/aromatic N) is 12. The molecule has 0 atom stereocenters. The van der Waals surface area contributed by atoms with Crippen LogP contribution >= 0.6 is 44.8 Å². The number of hydrogen-bond donors (Lipinski definition) is 4. The number of rotatable bonds is 19. The van der Waals surface area contributed by atoms with Gasteiger partial charge in [-0.05, 0) is 97.7 Å². The first-order valence-electron chi connectivity index (χ1n) is 20.4. The molecule has 64 heavy (non-hydrogen) atoms. The first-order chi connectivity index (χ1) is 31.4. The van der Waals surface area contributed by atoms with Gasteiger partial charge in [0.05, 0.1) is 22.1 Å². The average molecular weight is 930 g/mol.